The maximum atomic E-state index is 13.0. The van der Waals surface area contributed by atoms with Crippen LogP contribution in [0, 0.1) is 0 Å². The maximum absolute atomic E-state index is 13.0. The minimum Gasteiger partial charge on any atom is -0.488 e. The molecule has 33 heavy (non-hydrogen) atoms. The Kier molecular flexibility index (Phi) is 6.28. The van der Waals surface area contributed by atoms with Gasteiger partial charge in [-0.3, -0.25) is 0 Å². The van der Waals surface area contributed by atoms with Gasteiger partial charge in [-0.25, -0.2) is 4.79 Å². The Labute approximate surface area is 195 Å². The number of hydrogen-bond donors (Lipinski definition) is 2. The van der Waals surface area contributed by atoms with Crippen LogP contribution in [0.5, 0.6) is 5.75 Å². The number of rotatable bonds is 7. The van der Waals surface area contributed by atoms with Crippen LogP contribution in [0.2, 0.25) is 0 Å². The molecular formula is C28H31NO4. The van der Waals surface area contributed by atoms with Gasteiger partial charge in [0.15, 0.2) is 0 Å². The SMILES string of the molecule is CC(C)(C)Oc1ccc(CC(N)(CO)C(=O)OCC2c3ccccc3-c3ccccc32)cc1. The first-order chi connectivity index (χ1) is 15.7. The molecule has 172 valence electrons. The molecule has 0 saturated carbocycles. The lowest BCUT2D eigenvalue weighted by Crippen LogP contribution is -2.54. The van der Waals surface area contributed by atoms with Crippen molar-refractivity contribution in [1.29, 1.82) is 0 Å². The fourth-order valence-electron chi connectivity index (χ4n) is 4.33. The summed E-state index contributed by atoms with van der Waals surface area (Å²) in [6, 6.07) is 23.7. The summed E-state index contributed by atoms with van der Waals surface area (Å²) >= 11 is 0. The van der Waals surface area contributed by atoms with Crippen LogP contribution < -0.4 is 10.5 Å². The highest BCUT2D eigenvalue weighted by Crippen LogP contribution is 2.44. The Morgan fingerprint density at radius 2 is 1.45 bits per heavy atom. The van der Waals surface area contributed by atoms with Gasteiger partial charge < -0.3 is 20.3 Å². The van der Waals surface area contributed by atoms with Crippen LogP contribution in [0.4, 0.5) is 0 Å². The average Bonchev–Trinajstić information content (AvgIpc) is 3.11. The molecule has 1 aliphatic rings. The summed E-state index contributed by atoms with van der Waals surface area (Å²) in [5, 5.41) is 9.98. The lowest BCUT2D eigenvalue weighted by molar-refractivity contribution is -0.152. The number of benzene rings is 3. The van der Waals surface area contributed by atoms with Gasteiger partial charge in [0.05, 0.1) is 6.61 Å². The van der Waals surface area contributed by atoms with E-state index in [1.807, 2.05) is 69.3 Å². The zero-order chi connectivity index (χ0) is 23.6. The molecule has 3 N–H and O–H groups in total. The summed E-state index contributed by atoms with van der Waals surface area (Å²) in [4.78, 5) is 13.0. The number of fused-ring (bicyclic) bond motifs is 3. The summed E-state index contributed by atoms with van der Waals surface area (Å²) in [7, 11) is 0. The first-order valence-corrected chi connectivity index (χ1v) is 11.2. The monoisotopic (exact) mass is 445 g/mol. The zero-order valence-corrected chi connectivity index (χ0v) is 19.4. The third-order valence-electron chi connectivity index (χ3n) is 5.90. The van der Waals surface area contributed by atoms with E-state index < -0.39 is 18.1 Å². The number of hydrogen-bond acceptors (Lipinski definition) is 5. The minimum atomic E-state index is -1.52. The van der Waals surface area contributed by atoms with Gasteiger partial charge in [0.1, 0.15) is 23.5 Å². The van der Waals surface area contributed by atoms with Gasteiger partial charge >= 0.3 is 5.97 Å². The number of carbonyl (C=O) groups is 1. The Morgan fingerprint density at radius 3 is 1.97 bits per heavy atom. The molecule has 1 atom stereocenters. The van der Waals surface area contributed by atoms with Crippen molar-refractivity contribution in [2.75, 3.05) is 13.2 Å². The molecule has 3 aromatic carbocycles. The molecule has 5 heteroatoms. The Balaban J connectivity index is 1.46. The van der Waals surface area contributed by atoms with Crippen molar-refractivity contribution >= 4 is 5.97 Å². The molecular weight excluding hydrogens is 414 g/mol. The predicted molar refractivity (Wildman–Crippen MR) is 129 cm³/mol. The smallest absolute Gasteiger partial charge is 0.328 e. The quantitative estimate of drug-likeness (QED) is 0.525. The minimum absolute atomic E-state index is 0.0573. The molecule has 0 radical (unpaired) electrons. The summed E-state index contributed by atoms with van der Waals surface area (Å²) in [6.07, 6.45) is 0.163. The molecule has 0 bridgehead atoms. The molecule has 1 unspecified atom stereocenters. The summed E-state index contributed by atoms with van der Waals surface area (Å²) < 4.78 is 11.6. The topological polar surface area (TPSA) is 81.8 Å². The van der Waals surface area contributed by atoms with Crippen molar-refractivity contribution in [2.24, 2.45) is 5.73 Å². The molecule has 4 rings (SSSR count). The van der Waals surface area contributed by atoms with E-state index in [1.165, 1.54) is 0 Å². The largest absolute Gasteiger partial charge is 0.488 e. The van der Waals surface area contributed by atoms with E-state index in [4.69, 9.17) is 15.2 Å². The molecule has 0 aromatic heterocycles. The van der Waals surface area contributed by atoms with Gasteiger partial charge in [-0.2, -0.15) is 0 Å². The molecule has 5 nitrogen and oxygen atoms in total. The van der Waals surface area contributed by atoms with E-state index in [2.05, 4.69) is 24.3 Å². The van der Waals surface area contributed by atoms with E-state index in [9.17, 15) is 9.90 Å². The van der Waals surface area contributed by atoms with Crippen LogP contribution in [-0.4, -0.2) is 35.4 Å². The second-order valence-corrected chi connectivity index (χ2v) is 9.67. The van der Waals surface area contributed by atoms with E-state index in [0.717, 1.165) is 33.6 Å². The Bertz CT molecular complexity index is 1090. The number of aliphatic hydroxyl groups excluding tert-OH is 1. The summed E-state index contributed by atoms with van der Waals surface area (Å²) in [5.74, 6) is 0.0685. The van der Waals surface area contributed by atoms with Crippen molar-refractivity contribution < 1.29 is 19.4 Å². The van der Waals surface area contributed by atoms with Crippen LogP contribution in [0.15, 0.2) is 72.8 Å². The molecule has 0 amide bonds. The molecule has 0 saturated heterocycles. The van der Waals surface area contributed by atoms with Gasteiger partial charge in [0, 0.05) is 12.3 Å². The van der Waals surface area contributed by atoms with Crippen LogP contribution >= 0.6 is 0 Å². The first-order valence-electron chi connectivity index (χ1n) is 11.2. The van der Waals surface area contributed by atoms with Gasteiger partial charge in [-0.05, 0) is 60.7 Å². The van der Waals surface area contributed by atoms with Gasteiger partial charge in [0.25, 0.3) is 0 Å². The summed E-state index contributed by atoms with van der Waals surface area (Å²) in [5.41, 5.74) is 9.91. The highest BCUT2D eigenvalue weighted by atomic mass is 16.5. The Morgan fingerprint density at radius 1 is 0.909 bits per heavy atom. The zero-order valence-electron chi connectivity index (χ0n) is 19.4. The number of aliphatic hydroxyl groups is 1. The van der Waals surface area contributed by atoms with Crippen LogP contribution in [0.3, 0.4) is 0 Å². The normalized spacial score (nSPS) is 14.8. The van der Waals surface area contributed by atoms with E-state index in [-0.39, 0.29) is 24.5 Å². The maximum Gasteiger partial charge on any atom is 0.328 e. The van der Waals surface area contributed by atoms with E-state index in [1.54, 1.807) is 0 Å². The van der Waals surface area contributed by atoms with Crippen molar-refractivity contribution in [2.45, 2.75) is 44.2 Å². The molecule has 1 aliphatic carbocycles. The van der Waals surface area contributed by atoms with Gasteiger partial charge in [0.2, 0.25) is 0 Å². The van der Waals surface area contributed by atoms with Crippen LogP contribution in [0.25, 0.3) is 11.1 Å². The third-order valence-corrected chi connectivity index (χ3v) is 5.90. The summed E-state index contributed by atoms with van der Waals surface area (Å²) in [6.45, 7) is 5.60. The van der Waals surface area contributed by atoms with Crippen LogP contribution in [-0.2, 0) is 16.0 Å². The first kappa shape index (κ1) is 23.0. The molecule has 0 aliphatic heterocycles. The number of ether oxygens (including phenoxy) is 2. The van der Waals surface area contributed by atoms with Gasteiger partial charge in [-0.15, -0.1) is 0 Å². The van der Waals surface area contributed by atoms with E-state index >= 15 is 0 Å². The second kappa shape index (κ2) is 9.00. The highest BCUT2D eigenvalue weighted by molar-refractivity contribution is 5.82. The fraction of sp³-hybridized carbons (Fsp3) is 0.321. The number of nitrogens with two attached hydrogens (primary N) is 1. The van der Waals surface area contributed by atoms with Crippen molar-refractivity contribution in [3.8, 4) is 16.9 Å². The Hall–Kier alpha value is -3.15. The van der Waals surface area contributed by atoms with Crippen molar-refractivity contribution in [3.63, 3.8) is 0 Å². The molecule has 0 fully saturated rings. The van der Waals surface area contributed by atoms with Crippen molar-refractivity contribution in [3.05, 3.63) is 89.5 Å². The van der Waals surface area contributed by atoms with Crippen LogP contribution in [0.1, 0.15) is 43.4 Å². The lowest BCUT2D eigenvalue weighted by atomic mass is 9.92. The average molecular weight is 446 g/mol. The molecule has 3 aromatic rings. The van der Waals surface area contributed by atoms with E-state index in [0.29, 0.717) is 0 Å². The fourth-order valence-corrected chi connectivity index (χ4v) is 4.33. The predicted octanol–water partition coefficient (Wildman–Crippen LogP) is 4.45. The van der Waals surface area contributed by atoms with Gasteiger partial charge in [-0.1, -0.05) is 60.7 Å². The molecule has 0 spiro atoms. The van der Waals surface area contributed by atoms with Crippen molar-refractivity contribution in [1.82, 2.24) is 0 Å². The highest BCUT2D eigenvalue weighted by Gasteiger charge is 2.37. The third kappa shape index (κ3) is 4.95. The molecule has 0 heterocycles. The lowest BCUT2D eigenvalue weighted by Gasteiger charge is -2.26. The second-order valence-electron chi connectivity index (χ2n) is 9.67. The number of carbonyl (C=O) groups excluding carboxylic acids is 1. The number of esters is 1. The standard InChI is InChI=1S/C28H31NO4/c1-27(2,3)33-20-14-12-19(13-15-20)16-28(29,18-30)26(31)32-17-25-23-10-6-4-8-21(23)22-9-5-7-11-24(22)25/h4-15,25,30H,16-18,29H2,1-3H3.